The Balaban J connectivity index is 1.33. The largest absolute Gasteiger partial charge is 0.504 e. The lowest BCUT2D eigenvalue weighted by Crippen LogP contribution is -2.74. The van der Waals surface area contributed by atoms with Crippen LogP contribution in [0.2, 0.25) is 0 Å². The molecule has 1 aromatic carbocycles. The average Bonchev–Trinajstić information content (AvgIpc) is 3.28. The summed E-state index contributed by atoms with van der Waals surface area (Å²) in [6.45, 7) is 2.28. The van der Waals surface area contributed by atoms with Crippen LogP contribution in [0.15, 0.2) is 24.0 Å². The SMILES string of the molecule is CC(=O)O[C@@H](CC(=O)OC1=CC[C@@]2(O)[C@H]3Cc4ccc(O)c5c4[C@@]2(CCN3C)[C@H]1O5)C(=O)O[C@@H](C)C(=O)OC(=O)C(F)(F)F. The fourth-order valence-electron chi connectivity index (χ4n) is 6.67. The molecule has 16 heteroatoms. The Morgan fingerprint density at radius 3 is 2.52 bits per heavy atom. The third-order valence-corrected chi connectivity index (χ3v) is 8.56. The molecule has 2 aliphatic heterocycles. The minimum absolute atomic E-state index is 0.0102. The summed E-state index contributed by atoms with van der Waals surface area (Å²) in [5.41, 5.74) is -0.901. The molecule has 5 rings (SSSR count). The van der Waals surface area contributed by atoms with Gasteiger partial charge in [0.1, 0.15) is 5.76 Å². The molecule has 0 saturated carbocycles. The maximum Gasteiger partial charge on any atom is 0.491 e. The van der Waals surface area contributed by atoms with E-state index in [0.717, 1.165) is 19.4 Å². The van der Waals surface area contributed by atoms with E-state index in [9.17, 15) is 47.4 Å². The molecule has 0 amide bonds. The van der Waals surface area contributed by atoms with Gasteiger partial charge in [-0.3, -0.25) is 9.59 Å². The lowest BCUT2D eigenvalue weighted by Gasteiger charge is -2.61. The highest BCUT2D eigenvalue weighted by Crippen LogP contribution is 2.65. The first-order chi connectivity index (χ1) is 20.5. The van der Waals surface area contributed by atoms with E-state index in [-0.39, 0.29) is 29.7 Å². The number of phenolic OH excluding ortho intramolecular Hbond substituents is 1. The molecule has 2 aliphatic carbocycles. The molecule has 0 radical (unpaired) electrons. The number of likely N-dealkylation sites (tertiary alicyclic amines) is 1. The van der Waals surface area contributed by atoms with Gasteiger partial charge in [0.05, 0.1) is 17.4 Å². The Bertz CT molecular complexity index is 1470. The molecule has 1 fully saturated rings. The summed E-state index contributed by atoms with van der Waals surface area (Å²) in [6, 6.07) is 2.95. The number of esters is 5. The standard InChI is InChI=1S/C28H28F3NO12/c1-12(23(36)44-25(38)28(29,30)31)40-24(37)17(41-13(2)33)11-19(35)42-16-6-7-27(39)18-10-14-4-5-15(34)21-20(14)26(27,22(16)43-21)8-9-32(18)3/h4-6,12,17-18,22,34,39H,7-11H2,1-3H3/t12-,17-,18+,22-,26-,27+/m0/s1. The van der Waals surface area contributed by atoms with Crippen molar-refractivity contribution in [3.63, 3.8) is 0 Å². The van der Waals surface area contributed by atoms with E-state index in [0.29, 0.717) is 24.9 Å². The van der Waals surface area contributed by atoms with E-state index in [2.05, 4.69) is 4.74 Å². The van der Waals surface area contributed by atoms with E-state index in [1.807, 2.05) is 11.9 Å². The van der Waals surface area contributed by atoms with Crippen molar-refractivity contribution >= 4 is 29.8 Å². The molecule has 13 nitrogen and oxygen atoms in total. The number of carbonyl (C=O) groups is 5. The van der Waals surface area contributed by atoms with Crippen LogP contribution in [0.3, 0.4) is 0 Å². The highest BCUT2D eigenvalue weighted by atomic mass is 19.4. The summed E-state index contributed by atoms with van der Waals surface area (Å²) in [7, 11) is 1.90. The second-order valence-corrected chi connectivity index (χ2v) is 11.2. The fourth-order valence-corrected chi connectivity index (χ4v) is 6.67. The van der Waals surface area contributed by atoms with Crippen LogP contribution in [0.4, 0.5) is 13.2 Å². The van der Waals surface area contributed by atoms with Crippen molar-refractivity contribution in [1.82, 2.24) is 4.90 Å². The van der Waals surface area contributed by atoms with Gasteiger partial charge in [-0.15, -0.1) is 0 Å². The first kappa shape index (κ1) is 31.3. The second-order valence-electron chi connectivity index (χ2n) is 11.2. The number of aliphatic hydroxyl groups is 1. The van der Waals surface area contributed by atoms with Crippen LogP contribution in [0.5, 0.6) is 11.5 Å². The number of phenols is 1. The number of carbonyl (C=O) groups excluding carboxylic acids is 5. The predicted molar refractivity (Wildman–Crippen MR) is 136 cm³/mol. The van der Waals surface area contributed by atoms with Crippen LogP contribution in [0, 0.1) is 0 Å². The zero-order valence-corrected chi connectivity index (χ0v) is 23.6. The van der Waals surface area contributed by atoms with Gasteiger partial charge >= 0.3 is 36.0 Å². The molecule has 4 aliphatic rings. The maximum absolute atomic E-state index is 13.1. The van der Waals surface area contributed by atoms with Crippen LogP contribution in [-0.2, 0) is 54.8 Å². The van der Waals surface area contributed by atoms with E-state index in [4.69, 9.17) is 18.9 Å². The number of alkyl halides is 3. The first-order valence-electron chi connectivity index (χ1n) is 13.6. The maximum atomic E-state index is 13.1. The number of aromatic hydroxyl groups is 1. The van der Waals surface area contributed by atoms with Crippen LogP contribution < -0.4 is 4.74 Å². The van der Waals surface area contributed by atoms with Gasteiger partial charge in [-0.25, -0.2) is 14.4 Å². The predicted octanol–water partition coefficient (Wildman–Crippen LogP) is 1.10. The molecular formula is C28H28F3NO12. The summed E-state index contributed by atoms with van der Waals surface area (Å²) in [5.74, 6) is -8.34. The molecule has 2 heterocycles. The van der Waals surface area contributed by atoms with Crippen LogP contribution in [-0.4, -0.2) is 94.7 Å². The first-order valence-corrected chi connectivity index (χ1v) is 13.6. The number of ether oxygens (including phenoxy) is 5. The normalized spacial score (nSPS) is 27.9. The van der Waals surface area contributed by atoms with Gasteiger partial charge in [-0.2, -0.15) is 13.2 Å². The Morgan fingerprint density at radius 1 is 1.16 bits per heavy atom. The van der Waals surface area contributed by atoms with Crippen molar-refractivity contribution in [1.29, 1.82) is 0 Å². The number of rotatable bonds is 7. The number of benzene rings is 1. The topological polar surface area (TPSA) is 175 Å². The molecule has 2 bridgehead atoms. The van der Waals surface area contributed by atoms with Gasteiger partial charge in [0.2, 0.25) is 6.10 Å². The summed E-state index contributed by atoms with van der Waals surface area (Å²) < 4.78 is 62.1. The monoisotopic (exact) mass is 627 g/mol. The zero-order chi connectivity index (χ0) is 32.4. The highest BCUT2D eigenvalue weighted by Gasteiger charge is 2.72. The van der Waals surface area contributed by atoms with Gasteiger partial charge in [0.25, 0.3) is 0 Å². The van der Waals surface area contributed by atoms with Crippen molar-refractivity contribution in [3.05, 3.63) is 35.1 Å². The number of halogens is 3. The summed E-state index contributed by atoms with van der Waals surface area (Å²) >= 11 is 0. The number of piperidine rings is 1. The molecule has 0 aromatic heterocycles. The van der Waals surface area contributed by atoms with Crippen LogP contribution in [0.1, 0.15) is 44.2 Å². The Kier molecular flexibility index (Phi) is 7.65. The van der Waals surface area contributed by atoms with Crippen molar-refractivity contribution in [3.8, 4) is 11.5 Å². The zero-order valence-electron chi connectivity index (χ0n) is 23.6. The van der Waals surface area contributed by atoms with Crippen molar-refractivity contribution in [2.75, 3.05) is 13.6 Å². The number of nitrogens with zero attached hydrogens (tertiary/aromatic N) is 1. The van der Waals surface area contributed by atoms with E-state index in [1.54, 1.807) is 6.07 Å². The van der Waals surface area contributed by atoms with Gasteiger partial charge in [-0.1, -0.05) is 6.07 Å². The lowest BCUT2D eigenvalue weighted by molar-refractivity contribution is -0.206. The molecule has 0 unspecified atom stereocenters. The molecule has 1 spiro atoms. The van der Waals surface area contributed by atoms with E-state index < -0.39 is 71.8 Å². The summed E-state index contributed by atoms with van der Waals surface area (Å²) in [6.07, 6.45) is -9.07. The summed E-state index contributed by atoms with van der Waals surface area (Å²) in [5, 5.41) is 22.8. The van der Waals surface area contributed by atoms with Crippen molar-refractivity contribution in [2.45, 2.75) is 81.1 Å². The minimum Gasteiger partial charge on any atom is -0.504 e. The third kappa shape index (κ3) is 4.95. The number of hydrogen-bond donors (Lipinski definition) is 2. The Hall–Kier alpha value is -4.18. The quantitative estimate of drug-likeness (QED) is 0.250. The fraction of sp³-hybridized carbons (Fsp3) is 0.536. The average molecular weight is 628 g/mol. The molecule has 6 atom stereocenters. The lowest BCUT2D eigenvalue weighted by atomic mass is 9.50. The van der Waals surface area contributed by atoms with Crippen molar-refractivity contribution < 1.29 is 71.0 Å². The smallest absolute Gasteiger partial charge is 0.491 e. The Morgan fingerprint density at radius 2 is 1.86 bits per heavy atom. The van der Waals surface area contributed by atoms with Crippen LogP contribution >= 0.6 is 0 Å². The van der Waals surface area contributed by atoms with E-state index >= 15 is 0 Å². The number of likely N-dealkylation sites (N-methyl/N-ethyl adjacent to an activating group) is 1. The molecule has 1 aromatic rings. The third-order valence-electron chi connectivity index (χ3n) is 8.56. The molecular weight excluding hydrogens is 599 g/mol. The van der Waals surface area contributed by atoms with Gasteiger partial charge in [-0.05, 0) is 51.1 Å². The molecule has 1 saturated heterocycles. The Labute approximate surface area is 247 Å². The van der Waals surface area contributed by atoms with E-state index in [1.165, 1.54) is 12.1 Å². The summed E-state index contributed by atoms with van der Waals surface area (Å²) in [4.78, 5) is 62.1. The number of hydrogen-bond acceptors (Lipinski definition) is 13. The van der Waals surface area contributed by atoms with Gasteiger partial charge in [0, 0.05) is 24.9 Å². The molecule has 2 N–H and O–H groups in total. The van der Waals surface area contributed by atoms with Gasteiger partial charge < -0.3 is 38.8 Å². The molecule has 44 heavy (non-hydrogen) atoms. The highest BCUT2D eigenvalue weighted by molar-refractivity contribution is 5.92. The van der Waals surface area contributed by atoms with Crippen LogP contribution in [0.25, 0.3) is 0 Å². The molecule has 238 valence electrons. The van der Waals surface area contributed by atoms with Crippen molar-refractivity contribution in [2.24, 2.45) is 0 Å². The minimum atomic E-state index is -5.48. The second kappa shape index (κ2) is 10.8. The van der Waals surface area contributed by atoms with Gasteiger partial charge in [0.15, 0.2) is 23.7 Å².